The molecule has 1 aromatic rings. The number of carboxylic acid groups (broad SMARTS) is 1. The number of aryl methyl sites for hydroxylation is 2. The van der Waals surface area contributed by atoms with Crippen LogP contribution in [0.4, 0.5) is 10.5 Å². The Labute approximate surface area is 124 Å². The van der Waals surface area contributed by atoms with Gasteiger partial charge in [0.2, 0.25) is 0 Å². The highest BCUT2D eigenvalue weighted by Gasteiger charge is 2.19. The van der Waals surface area contributed by atoms with Gasteiger partial charge in [0.05, 0.1) is 0 Å². The predicted octanol–water partition coefficient (Wildman–Crippen LogP) is 2.30. The van der Waals surface area contributed by atoms with Crippen molar-refractivity contribution in [3.8, 4) is 0 Å². The average molecular weight is 294 g/mol. The van der Waals surface area contributed by atoms with Crippen molar-refractivity contribution in [1.82, 2.24) is 5.32 Å². The smallest absolute Gasteiger partial charge is 0.326 e. The van der Waals surface area contributed by atoms with Gasteiger partial charge in [-0.3, -0.25) is 0 Å². The van der Waals surface area contributed by atoms with E-state index in [1.54, 1.807) is 13.2 Å². The van der Waals surface area contributed by atoms with E-state index in [1.165, 1.54) is 0 Å². The zero-order valence-corrected chi connectivity index (χ0v) is 12.6. The number of ether oxygens (including phenoxy) is 1. The molecule has 0 aliphatic rings. The first-order valence-corrected chi connectivity index (χ1v) is 6.80. The lowest BCUT2D eigenvalue weighted by Crippen LogP contribution is -2.43. The number of hydrogen-bond donors (Lipinski definition) is 3. The summed E-state index contributed by atoms with van der Waals surface area (Å²) in [5, 5.41) is 14.2. The molecule has 0 bridgehead atoms. The maximum atomic E-state index is 11.8. The first-order valence-electron chi connectivity index (χ1n) is 6.80. The summed E-state index contributed by atoms with van der Waals surface area (Å²) in [6.07, 6.45) is 0.890. The summed E-state index contributed by atoms with van der Waals surface area (Å²) >= 11 is 0. The quantitative estimate of drug-likeness (QED) is 0.673. The summed E-state index contributed by atoms with van der Waals surface area (Å²) in [6.45, 7) is 4.39. The summed E-state index contributed by atoms with van der Waals surface area (Å²) in [5.74, 6) is -1.05. The maximum absolute atomic E-state index is 11.8. The summed E-state index contributed by atoms with van der Waals surface area (Å²) in [6, 6.07) is 4.07. The highest BCUT2D eigenvalue weighted by Crippen LogP contribution is 2.14. The molecule has 6 nitrogen and oxygen atoms in total. The Hall–Kier alpha value is -2.08. The molecule has 0 aromatic heterocycles. The summed E-state index contributed by atoms with van der Waals surface area (Å²) < 4.78 is 4.88. The summed E-state index contributed by atoms with van der Waals surface area (Å²) in [4.78, 5) is 22.9. The Balaban J connectivity index is 2.56. The fourth-order valence-electron chi connectivity index (χ4n) is 1.83. The monoisotopic (exact) mass is 294 g/mol. The van der Waals surface area contributed by atoms with Crippen LogP contribution in [-0.2, 0) is 9.53 Å². The zero-order valence-electron chi connectivity index (χ0n) is 12.6. The van der Waals surface area contributed by atoms with Gasteiger partial charge in [-0.05, 0) is 49.9 Å². The van der Waals surface area contributed by atoms with Crippen LogP contribution in [0.25, 0.3) is 0 Å². The van der Waals surface area contributed by atoms with Crippen molar-refractivity contribution < 1.29 is 19.4 Å². The maximum Gasteiger partial charge on any atom is 0.326 e. The van der Waals surface area contributed by atoms with Crippen molar-refractivity contribution in [1.29, 1.82) is 0 Å². The lowest BCUT2D eigenvalue weighted by molar-refractivity contribution is -0.139. The van der Waals surface area contributed by atoms with Gasteiger partial charge < -0.3 is 20.5 Å². The molecular formula is C15H22N2O4. The van der Waals surface area contributed by atoms with Gasteiger partial charge in [-0.1, -0.05) is 6.07 Å². The van der Waals surface area contributed by atoms with Crippen molar-refractivity contribution in [3.05, 3.63) is 29.3 Å². The minimum atomic E-state index is -1.05. The number of nitrogens with one attached hydrogen (secondary N) is 2. The minimum Gasteiger partial charge on any atom is -0.480 e. The molecule has 0 saturated heterocycles. The number of carboxylic acids is 1. The van der Waals surface area contributed by atoms with Gasteiger partial charge in [-0.15, -0.1) is 0 Å². The highest BCUT2D eigenvalue weighted by molar-refractivity contribution is 5.92. The van der Waals surface area contributed by atoms with Crippen molar-refractivity contribution in [2.75, 3.05) is 19.0 Å². The highest BCUT2D eigenvalue weighted by atomic mass is 16.5. The van der Waals surface area contributed by atoms with E-state index in [0.29, 0.717) is 25.1 Å². The Morgan fingerprint density at radius 1 is 1.29 bits per heavy atom. The van der Waals surface area contributed by atoms with E-state index in [9.17, 15) is 9.59 Å². The molecule has 116 valence electrons. The number of amides is 2. The van der Waals surface area contributed by atoms with Crippen molar-refractivity contribution in [2.45, 2.75) is 32.7 Å². The van der Waals surface area contributed by atoms with E-state index in [2.05, 4.69) is 10.6 Å². The van der Waals surface area contributed by atoms with Crippen LogP contribution >= 0.6 is 0 Å². The van der Waals surface area contributed by atoms with Gasteiger partial charge in [0, 0.05) is 19.4 Å². The number of methoxy groups -OCH3 is 1. The van der Waals surface area contributed by atoms with Crippen LogP contribution in [-0.4, -0.2) is 36.9 Å². The Kier molecular flexibility index (Phi) is 6.68. The normalized spacial score (nSPS) is 11.8. The number of rotatable bonds is 7. The molecule has 0 aliphatic carbocycles. The molecule has 0 heterocycles. The van der Waals surface area contributed by atoms with Gasteiger partial charge >= 0.3 is 12.0 Å². The van der Waals surface area contributed by atoms with Gasteiger partial charge in [0.1, 0.15) is 6.04 Å². The summed E-state index contributed by atoms with van der Waals surface area (Å²) in [7, 11) is 1.55. The Morgan fingerprint density at radius 3 is 2.57 bits per heavy atom. The number of benzene rings is 1. The molecule has 1 aromatic carbocycles. The molecule has 0 fully saturated rings. The zero-order chi connectivity index (χ0) is 15.8. The molecule has 1 rings (SSSR count). The third-order valence-corrected chi connectivity index (χ3v) is 3.21. The number of anilines is 1. The standard InChI is InChI=1S/C15H22N2O4/c1-10-6-7-12(9-11(10)2)16-15(20)17-13(14(18)19)5-4-8-21-3/h6-7,9,13H,4-5,8H2,1-3H3,(H,18,19)(H2,16,17,20). The van der Waals surface area contributed by atoms with Crippen molar-refractivity contribution >= 4 is 17.7 Å². The number of urea groups is 1. The van der Waals surface area contributed by atoms with Gasteiger partial charge in [0.15, 0.2) is 0 Å². The van der Waals surface area contributed by atoms with E-state index < -0.39 is 18.0 Å². The number of aliphatic carboxylic acids is 1. The molecule has 2 amide bonds. The van der Waals surface area contributed by atoms with Crippen LogP contribution in [0.15, 0.2) is 18.2 Å². The second-order valence-electron chi connectivity index (χ2n) is 4.92. The van der Waals surface area contributed by atoms with Crippen molar-refractivity contribution in [3.63, 3.8) is 0 Å². The lowest BCUT2D eigenvalue weighted by Gasteiger charge is -2.15. The van der Waals surface area contributed by atoms with Gasteiger partial charge in [-0.25, -0.2) is 9.59 Å². The predicted molar refractivity (Wildman–Crippen MR) is 80.6 cm³/mol. The number of carbonyl (C=O) groups is 2. The van der Waals surface area contributed by atoms with Crippen LogP contribution in [0.2, 0.25) is 0 Å². The Morgan fingerprint density at radius 2 is 2.00 bits per heavy atom. The van der Waals surface area contributed by atoms with Crippen LogP contribution < -0.4 is 10.6 Å². The van der Waals surface area contributed by atoms with Crippen LogP contribution in [0.1, 0.15) is 24.0 Å². The molecule has 0 aliphatic heterocycles. The molecule has 6 heteroatoms. The largest absolute Gasteiger partial charge is 0.480 e. The van der Waals surface area contributed by atoms with Gasteiger partial charge in [0.25, 0.3) is 0 Å². The summed E-state index contributed by atoms with van der Waals surface area (Å²) in [5.41, 5.74) is 2.82. The first-order chi connectivity index (χ1) is 9.93. The lowest BCUT2D eigenvalue weighted by atomic mass is 10.1. The number of hydrogen-bond acceptors (Lipinski definition) is 3. The number of carbonyl (C=O) groups excluding carboxylic acids is 1. The van der Waals surface area contributed by atoms with Crippen LogP contribution in [0.3, 0.4) is 0 Å². The molecular weight excluding hydrogens is 272 g/mol. The third kappa shape index (κ3) is 5.83. The van der Waals surface area contributed by atoms with E-state index in [4.69, 9.17) is 9.84 Å². The first kappa shape index (κ1) is 17.0. The molecule has 0 radical (unpaired) electrons. The van der Waals surface area contributed by atoms with Gasteiger partial charge in [-0.2, -0.15) is 0 Å². The topological polar surface area (TPSA) is 87.7 Å². The minimum absolute atomic E-state index is 0.323. The molecule has 1 atom stereocenters. The molecule has 0 spiro atoms. The van der Waals surface area contributed by atoms with E-state index >= 15 is 0 Å². The fourth-order valence-corrected chi connectivity index (χ4v) is 1.83. The van der Waals surface area contributed by atoms with E-state index in [1.807, 2.05) is 26.0 Å². The van der Waals surface area contributed by atoms with E-state index in [0.717, 1.165) is 11.1 Å². The SMILES string of the molecule is COCCCC(NC(=O)Nc1ccc(C)c(C)c1)C(=O)O. The Bertz CT molecular complexity index is 502. The molecule has 1 unspecified atom stereocenters. The van der Waals surface area contributed by atoms with Crippen LogP contribution in [0, 0.1) is 13.8 Å². The second kappa shape index (κ2) is 8.26. The van der Waals surface area contributed by atoms with Crippen LogP contribution in [0.5, 0.6) is 0 Å². The fraction of sp³-hybridized carbons (Fsp3) is 0.467. The molecule has 0 saturated carbocycles. The average Bonchev–Trinajstić information content (AvgIpc) is 2.42. The second-order valence-corrected chi connectivity index (χ2v) is 4.92. The van der Waals surface area contributed by atoms with E-state index in [-0.39, 0.29) is 0 Å². The molecule has 3 N–H and O–H groups in total. The molecule has 21 heavy (non-hydrogen) atoms. The third-order valence-electron chi connectivity index (χ3n) is 3.21. The van der Waals surface area contributed by atoms with Crippen molar-refractivity contribution in [2.24, 2.45) is 0 Å².